The molecule has 0 aromatic heterocycles. The number of nitrogens with zero attached hydrogens (tertiary/aromatic N) is 2. The van der Waals surface area contributed by atoms with Gasteiger partial charge in [-0.25, -0.2) is 0 Å². The van der Waals surface area contributed by atoms with E-state index >= 15 is 0 Å². The molecule has 0 N–H and O–H groups in total. The van der Waals surface area contributed by atoms with Gasteiger partial charge in [-0.1, -0.05) is 12.2 Å². The van der Waals surface area contributed by atoms with E-state index in [0.29, 0.717) is 0 Å². The predicted molar refractivity (Wildman–Crippen MR) is 67.3 cm³/mol. The highest BCUT2D eigenvalue weighted by molar-refractivity contribution is 5.20. The minimum absolute atomic E-state index is 0.803. The van der Waals surface area contributed by atoms with E-state index in [-0.39, 0.29) is 0 Å². The van der Waals surface area contributed by atoms with Crippen LogP contribution in [0.1, 0.15) is 12.8 Å². The third-order valence-corrected chi connectivity index (χ3v) is 5.28. The van der Waals surface area contributed by atoms with Gasteiger partial charge in [-0.05, 0) is 64.7 Å². The highest BCUT2D eigenvalue weighted by Crippen LogP contribution is 2.56. The van der Waals surface area contributed by atoms with E-state index in [9.17, 15) is 0 Å². The molecule has 0 bridgehead atoms. The molecule has 2 nitrogen and oxygen atoms in total. The van der Waals surface area contributed by atoms with Gasteiger partial charge < -0.3 is 9.80 Å². The van der Waals surface area contributed by atoms with Crippen molar-refractivity contribution in [2.45, 2.75) is 24.9 Å². The van der Waals surface area contributed by atoms with Gasteiger partial charge >= 0.3 is 0 Å². The van der Waals surface area contributed by atoms with Crippen molar-refractivity contribution in [2.24, 2.45) is 23.7 Å². The van der Waals surface area contributed by atoms with Crippen LogP contribution in [0.25, 0.3) is 0 Å². The van der Waals surface area contributed by atoms with Gasteiger partial charge in [0.25, 0.3) is 0 Å². The average molecular weight is 220 g/mol. The molecule has 0 spiro atoms. The summed E-state index contributed by atoms with van der Waals surface area (Å²) in [7, 11) is 9.04. The quantitative estimate of drug-likeness (QED) is 0.653. The summed E-state index contributed by atoms with van der Waals surface area (Å²) in [5.74, 6) is 3.62. The van der Waals surface area contributed by atoms with Crippen molar-refractivity contribution in [1.29, 1.82) is 0 Å². The zero-order valence-corrected chi connectivity index (χ0v) is 10.9. The Morgan fingerprint density at radius 2 is 1.19 bits per heavy atom. The van der Waals surface area contributed by atoms with Crippen molar-refractivity contribution >= 4 is 0 Å². The third kappa shape index (κ3) is 1.32. The van der Waals surface area contributed by atoms with E-state index < -0.39 is 0 Å². The summed E-state index contributed by atoms with van der Waals surface area (Å²) >= 11 is 0. The highest BCUT2D eigenvalue weighted by Gasteiger charge is 2.56. The van der Waals surface area contributed by atoms with Gasteiger partial charge in [0.2, 0.25) is 0 Å². The molecule has 6 atom stereocenters. The van der Waals surface area contributed by atoms with Crippen LogP contribution in [-0.2, 0) is 0 Å². The van der Waals surface area contributed by atoms with Gasteiger partial charge in [-0.2, -0.15) is 0 Å². The summed E-state index contributed by atoms with van der Waals surface area (Å²) in [6, 6.07) is 1.61. The van der Waals surface area contributed by atoms with E-state index in [1.54, 1.807) is 0 Å². The van der Waals surface area contributed by atoms with Gasteiger partial charge in [0.1, 0.15) is 0 Å². The Labute approximate surface area is 99.3 Å². The van der Waals surface area contributed by atoms with Crippen LogP contribution in [0.2, 0.25) is 0 Å². The molecule has 0 saturated heterocycles. The van der Waals surface area contributed by atoms with Crippen molar-refractivity contribution < 1.29 is 0 Å². The SMILES string of the molecule is CN(C)[C@@H]1C[C@H]2C=C[C@H]3C[C@H](N(C)C)C1C23. The summed E-state index contributed by atoms with van der Waals surface area (Å²) in [6.07, 6.45) is 7.80. The lowest BCUT2D eigenvalue weighted by molar-refractivity contribution is 0.146. The summed E-state index contributed by atoms with van der Waals surface area (Å²) < 4.78 is 0. The van der Waals surface area contributed by atoms with Crippen LogP contribution in [0.3, 0.4) is 0 Å². The molecule has 3 aliphatic carbocycles. The molecule has 0 heterocycles. The molecule has 16 heavy (non-hydrogen) atoms. The summed E-state index contributed by atoms with van der Waals surface area (Å²) in [6.45, 7) is 0. The minimum atomic E-state index is 0.803. The fraction of sp³-hybridized carbons (Fsp3) is 0.857. The molecule has 3 aliphatic rings. The van der Waals surface area contributed by atoms with Gasteiger partial charge in [0.05, 0.1) is 0 Å². The second-order valence-corrected chi connectivity index (χ2v) is 6.40. The normalized spacial score (nSPS) is 49.6. The van der Waals surface area contributed by atoms with Crippen molar-refractivity contribution in [2.75, 3.05) is 28.2 Å². The standard InChI is InChI=1S/C14H24N2/c1-15(2)11-7-9-5-6-10-8-12(16(3)4)14(11)13(9)10/h5-6,9-14H,7-8H2,1-4H3/t9-,10+,11-,12+,13?,14?. The van der Waals surface area contributed by atoms with Crippen molar-refractivity contribution in [3.8, 4) is 0 Å². The zero-order valence-electron chi connectivity index (χ0n) is 10.9. The van der Waals surface area contributed by atoms with Crippen molar-refractivity contribution in [3.05, 3.63) is 12.2 Å². The molecular formula is C14H24N2. The maximum atomic E-state index is 2.51. The largest absolute Gasteiger partial charge is 0.306 e. The Bertz CT molecular complexity index is 280. The van der Waals surface area contributed by atoms with Gasteiger partial charge in [-0.15, -0.1) is 0 Å². The summed E-state index contributed by atoms with van der Waals surface area (Å²) in [5.41, 5.74) is 0. The Morgan fingerprint density at radius 1 is 0.750 bits per heavy atom. The second-order valence-electron chi connectivity index (χ2n) is 6.40. The Balaban J connectivity index is 1.91. The Kier molecular flexibility index (Phi) is 2.41. The first-order valence-electron chi connectivity index (χ1n) is 6.60. The van der Waals surface area contributed by atoms with Gasteiger partial charge in [-0.3, -0.25) is 0 Å². The monoisotopic (exact) mass is 220 g/mol. The van der Waals surface area contributed by atoms with Crippen LogP contribution in [0.15, 0.2) is 12.2 Å². The van der Waals surface area contributed by atoms with Gasteiger partial charge in [0, 0.05) is 12.1 Å². The maximum absolute atomic E-state index is 2.51. The van der Waals surface area contributed by atoms with E-state index in [2.05, 4.69) is 50.1 Å². The first-order valence-corrected chi connectivity index (χ1v) is 6.60. The molecule has 0 radical (unpaired) electrons. The average Bonchev–Trinajstić information content (AvgIpc) is 2.84. The lowest BCUT2D eigenvalue weighted by atomic mass is 9.89. The topological polar surface area (TPSA) is 6.48 Å². The molecular weight excluding hydrogens is 196 g/mol. The second kappa shape index (κ2) is 3.58. The minimum Gasteiger partial charge on any atom is -0.306 e. The highest BCUT2D eigenvalue weighted by atomic mass is 15.2. The van der Waals surface area contributed by atoms with E-state index in [1.165, 1.54) is 12.8 Å². The van der Waals surface area contributed by atoms with E-state index in [1.807, 2.05) is 0 Å². The van der Waals surface area contributed by atoms with Crippen molar-refractivity contribution in [1.82, 2.24) is 9.80 Å². The molecule has 0 aromatic rings. The number of hydrogen-bond acceptors (Lipinski definition) is 2. The van der Waals surface area contributed by atoms with Crippen LogP contribution < -0.4 is 0 Å². The zero-order chi connectivity index (χ0) is 11.4. The number of rotatable bonds is 2. The number of hydrogen-bond donors (Lipinski definition) is 0. The molecule has 2 unspecified atom stereocenters. The van der Waals surface area contributed by atoms with Crippen LogP contribution in [0.5, 0.6) is 0 Å². The molecule has 2 heteroatoms. The predicted octanol–water partition coefficient (Wildman–Crippen LogP) is 1.69. The fourth-order valence-corrected chi connectivity index (χ4v) is 4.65. The molecule has 2 fully saturated rings. The van der Waals surface area contributed by atoms with E-state index in [0.717, 1.165) is 35.8 Å². The van der Waals surface area contributed by atoms with Crippen LogP contribution in [0, 0.1) is 23.7 Å². The molecule has 0 aromatic carbocycles. The molecule has 90 valence electrons. The molecule has 0 amide bonds. The molecule has 0 aliphatic heterocycles. The Hall–Kier alpha value is -0.340. The fourth-order valence-electron chi connectivity index (χ4n) is 4.65. The van der Waals surface area contributed by atoms with Crippen molar-refractivity contribution in [3.63, 3.8) is 0 Å². The first kappa shape index (κ1) is 10.8. The van der Waals surface area contributed by atoms with Crippen LogP contribution in [0.4, 0.5) is 0 Å². The summed E-state index contributed by atoms with van der Waals surface area (Å²) in [4.78, 5) is 4.94. The van der Waals surface area contributed by atoms with Crippen LogP contribution >= 0.6 is 0 Å². The maximum Gasteiger partial charge on any atom is 0.0141 e. The lowest BCUT2D eigenvalue weighted by Crippen LogP contribution is -2.42. The first-order chi connectivity index (χ1) is 7.59. The van der Waals surface area contributed by atoms with Crippen LogP contribution in [-0.4, -0.2) is 50.1 Å². The van der Waals surface area contributed by atoms with Gasteiger partial charge in [0.15, 0.2) is 0 Å². The molecule has 2 saturated carbocycles. The molecule has 3 rings (SSSR count). The van der Waals surface area contributed by atoms with E-state index in [4.69, 9.17) is 0 Å². The smallest absolute Gasteiger partial charge is 0.0141 e. The number of allylic oxidation sites excluding steroid dienone is 2. The Morgan fingerprint density at radius 3 is 1.56 bits per heavy atom. The summed E-state index contributed by atoms with van der Waals surface area (Å²) in [5, 5.41) is 0. The third-order valence-electron chi connectivity index (χ3n) is 5.28. The lowest BCUT2D eigenvalue weighted by Gasteiger charge is -2.33.